The SMILES string of the molecule is CC(C)(F)c1cc2c(cc1-c1cc(N)on1)OCCO2. The molecule has 1 aromatic carbocycles. The van der Waals surface area contributed by atoms with Crippen molar-refractivity contribution >= 4 is 5.88 Å². The number of anilines is 1. The number of halogens is 1. The van der Waals surface area contributed by atoms with Crippen molar-refractivity contribution in [1.29, 1.82) is 0 Å². The van der Waals surface area contributed by atoms with Gasteiger partial charge in [0.1, 0.15) is 24.6 Å². The number of hydrogen-bond donors (Lipinski definition) is 1. The summed E-state index contributed by atoms with van der Waals surface area (Å²) in [6.45, 7) is 3.87. The molecule has 20 heavy (non-hydrogen) atoms. The van der Waals surface area contributed by atoms with Gasteiger partial charge in [-0.3, -0.25) is 0 Å². The summed E-state index contributed by atoms with van der Waals surface area (Å²) < 4.78 is 30.3. The smallest absolute Gasteiger partial charge is 0.222 e. The summed E-state index contributed by atoms with van der Waals surface area (Å²) in [5.74, 6) is 1.29. The van der Waals surface area contributed by atoms with Crippen LogP contribution in [0.15, 0.2) is 22.7 Å². The number of ether oxygens (including phenoxy) is 2. The number of alkyl halides is 1. The Labute approximate surface area is 115 Å². The van der Waals surface area contributed by atoms with Gasteiger partial charge < -0.3 is 19.7 Å². The number of nitrogens with two attached hydrogens (primary N) is 1. The molecule has 0 radical (unpaired) electrons. The number of aromatic nitrogens is 1. The van der Waals surface area contributed by atoms with Crippen molar-refractivity contribution in [1.82, 2.24) is 5.16 Å². The Kier molecular flexibility index (Phi) is 2.81. The Hall–Kier alpha value is -2.24. The minimum absolute atomic E-state index is 0.178. The number of fused-ring (bicyclic) bond motifs is 1. The molecule has 2 heterocycles. The molecular weight excluding hydrogens is 263 g/mol. The second kappa shape index (κ2) is 4.40. The zero-order valence-corrected chi connectivity index (χ0v) is 11.3. The van der Waals surface area contributed by atoms with E-state index in [1.807, 2.05) is 0 Å². The number of nitrogens with zero attached hydrogens (tertiary/aromatic N) is 1. The lowest BCUT2D eigenvalue weighted by Crippen LogP contribution is -2.18. The van der Waals surface area contributed by atoms with Gasteiger partial charge in [0.05, 0.1) is 0 Å². The van der Waals surface area contributed by atoms with Gasteiger partial charge in [-0.2, -0.15) is 0 Å². The van der Waals surface area contributed by atoms with Crippen molar-refractivity contribution < 1.29 is 18.4 Å². The predicted molar refractivity (Wildman–Crippen MR) is 71.5 cm³/mol. The molecule has 2 N–H and O–H groups in total. The van der Waals surface area contributed by atoms with Crippen LogP contribution in [0.25, 0.3) is 11.3 Å². The van der Waals surface area contributed by atoms with E-state index in [4.69, 9.17) is 19.7 Å². The van der Waals surface area contributed by atoms with Crippen LogP contribution >= 0.6 is 0 Å². The fraction of sp³-hybridized carbons (Fsp3) is 0.357. The molecule has 1 aliphatic rings. The summed E-state index contributed by atoms with van der Waals surface area (Å²) >= 11 is 0. The Morgan fingerprint density at radius 1 is 1.15 bits per heavy atom. The van der Waals surface area contributed by atoms with Crippen molar-refractivity contribution in [3.63, 3.8) is 0 Å². The third kappa shape index (κ3) is 2.17. The van der Waals surface area contributed by atoms with E-state index >= 15 is 0 Å². The molecule has 0 saturated carbocycles. The van der Waals surface area contributed by atoms with E-state index < -0.39 is 5.67 Å². The van der Waals surface area contributed by atoms with E-state index in [0.717, 1.165) is 0 Å². The minimum Gasteiger partial charge on any atom is -0.486 e. The fourth-order valence-electron chi connectivity index (χ4n) is 2.21. The van der Waals surface area contributed by atoms with Crippen molar-refractivity contribution in [2.75, 3.05) is 18.9 Å². The largest absolute Gasteiger partial charge is 0.486 e. The third-order valence-electron chi connectivity index (χ3n) is 3.13. The zero-order chi connectivity index (χ0) is 14.3. The molecule has 3 rings (SSSR count). The molecule has 0 spiro atoms. The molecule has 0 saturated heterocycles. The molecule has 1 aliphatic heterocycles. The lowest BCUT2D eigenvalue weighted by Gasteiger charge is -2.24. The van der Waals surface area contributed by atoms with Crippen molar-refractivity contribution in [2.45, 2.75) is 19.5 Å². The zero-order valence-electron chi connectivity index (χ0n) is 11.3. The number of hydrogen-bond acceptors (Lipinski definition) is 5. The van der Waals surface area contributed by atoms with Gasteiger partial charge in [-0.15, -0.1) is 0 Å². The van der Waals surface area contributed by atoms with Crippen LogP contribution in [0.2, 0.25) is 0 Å². The third-order valence-corrected chi connectivity index (χ3v) is 3.13. The number of nitrogen functional groups attached to an aromatic ring is 1. The molecule has 1 aromatic heterocycles. The number of rotatable bonds is 2. The Morgan fingerprint density at radius 2 is 1.80 bits per heavy atom. The second-order valence-corrected chi connectivity index (χ2v) is 5.13. The average molecular weight is 278 g/mol. The van der Waals surface area contributed by atoms with Gasteiger partial charge in [0.2, 0.25) is 5.88 Å². The second-order valence-electron chi connectivity index (χ2n) is 5.13. The van der Waals surface area contributed by atoms with Crippen LogP contribution in [0.1, 0.15) is 19.4 Å². The van der Waals surface area contributed by atoms with E-state index in [-0.39, 0.29) is 5.88 Å². The van der Waals surface area contributed by atoms with Gasteiger partial charge in [-0.05, 0) is 26.0 Å². The average Bonchev–Trinajstić information content (AvgIpc) is 2.83. The molecule has 0 amide bonds. The van der Waals surface area contributed by atoms with E-state index in [2.05, 4.69) is 5.16 Å². The van der Waals surface area contributed by atoms with Crippen LogP contribution < -0.4 is 15.2 Å². The van der Waals surface area contributed by atoms with Crippen LogP contribution in [-0.2, 0) is 5.67 Å². The van der Waals surface area contributed by atoms with Crippen molar-refractivity contribution in [3.05, 3.63) is 23.8 Å². The summed E-state index contributed by atoms with van der Waals surface area (Å²) in [6, 6.07) is 4.91. The van der Waals surface area contributed by atoms with Crippen molar-refractivity contribution in [3.8, 4) is 22.8 Å². The highest BCUT2D eigenvalue weighted by Gasteiger charge is 2.28. The highest BCUT2D eigenvalue weighted by molar-refractivity contribution is 5.71. The maximum absolute atomic E-state index is 14.5. The Morgan fingerprint density at radius 3 is 2.35 bits per heavy atom. The van der Waals surface area contributed by atoms with Crippen LogP contribution in [0.4, 0.5) is 10.3 Å². The summed E-state index contributed by atoms with van der Waals surface area (Å²) in [5.41, 5.74) is 5.49. The summed E-state index contributed by atoms with van der Waals surface area (Å²) in [5, 5.41) is 3.85. The van der Waals surface area contributed by atoms with Crippen LogP contribution in [0, 0.1) is 0 Å². The highest BCUT2D eigenvalue weighted by Crippen LogP contribution is 2.42. The highest BCUT2D eigenvalue weighted by atomic mass is 19.1. The standard InChI is InChI=1S/C14H15FN2O3/c1-14(2,15)9-6-12-11(18-3-4-19-12)5-8(9)10-7-13(16)20-17-10/h5-7H,3-4,16H2,1-2H3. The van der Waals surface area contributed by atoms with Gasteiger partial charge in [-0.1, -0.05) is 5.16 Å². The summed E-state index contributed by atoms with van der Waals surface area (Å²) in [7, 11) is 0. The monoisotopic (exact) mass is 278 g/mol. The molecule has 106 valence electrons. The van der Waals surface area contributed by atoms with Crippen LogP contribution in [0.5, 0.6) is 11.5 Å². The maximum Gasteiger partial charge on any atom is 0.222 e. The quantitative estimate of drug-likeness (QED) is 0.914. The lowest BCUT2D eigenvalue weighted by molar-refractivity contribution is 0.169. The fourth-order valence-corrected chi connectivity index (χ4v) is 2.21. The molecule has 0 bridgehead atoms. The van der Waals surface area contributed by atoms with Gasteiger partial charge in [0.15, 0.2) is 11.5 Å². The first-order valence-corrected chi connectivity index (χ1v) is 6.31. The summed E-state index contributed by atoms with van der Waals surface area (Å²) in [4.78, 5) is 0. The lowest BCUT2D eigenvalue weighted by atomic mass is 9.92. The molecule has 0 aliphatic carbocycles. The van der Waals surface area contributed by atoms with E-state index in [1.165, 1.54) is 13.8 Å². The van der Waals surface area contributed by atoms with E-state index in [0.29, 0.717) is 41.5 Å². The van der Waals surface area contributed by atoms with Gasteiger partial charge in [0.25, 0.3) is 0 Å². The predicted octanol–water partition coefficient (Wildman–Crippen LogP) is 2.90. The molecule has 0 unspecified atom stereocenters. The topological polar surface area (TPSA) is 70.5 Å². The molecular formula is C14H15FN2O3. The van der Waals surface area contributed by atoms with Crippen molar-refractivity contribution in [2.24, 2.45) is 0 Å². The van der Waals surface area contributed by atoms with E-state index in [1.54, 1.807) is 18.2 Å². The molecule has 0 fully saturated rings. The van der Waals surface area contributed by atoms with Crippen LogP contribution in [0.3, 0.4) is 0 Å². The minimum atomic E-state index is -1.56. The maximum atomic E-state index is 14.5. The van der Waals surface area contributed by atoms with E-state index in [9.17, 15) is 4.39 Å². The molecule has 0 atom stereocenters. The van der Waals surface area contributed by atoms with Gasteiger partial charge in [0, 0.05) is 17.2 Å². The number of benzene rings is 1. The first-order chi connectivity index (χ1) is 9.45. The summed E-state index contributed by atoms with van der Waals surface area (Å²) in [6.07, 6.45) is 0. The molecule has 2 aromatic rings. The Bertz CT molecular complexity index is 646. The molecule has 6 heteroatoms. The first-order valence-electron chi connectivity index (χ1n) is 6.31. The van der Waals surface area contributed by atoms with Gasteiger partial charge in [-0.25, -0.2) is 4.39 Å². The normalized spacial score (nSPS) is 14.3. The first kappa shape index (κ1) is 12.8. The van der Waals surface area contributed by atoms with Crippen LogP contribution in [-0.4, -0.2) is 18.4 Å². The Balaban J connectivity index is 2.20. The van der Waals surface area contributed by atoms with Gasteiger partial charge >= 0.3 is 0 Å². The molecule has 5 nitrogen and oxygen atoms in total.